The highest BCUT2D eigenvalue weighted by Gasteiger charge is 2.17. The van der Waals surface area contributed by atoms with Crippen molar-refractivity contribution >= 4 is 5.91 Å². The predicted molar refractivity (Wildman–Crippen MR) is 125 cm³/mol. The second-order valence-electron chi connectivity index (χ2n) is 8.58. The van der Waals surface area contributed by atoms with E-state index in [-0.39, 0.29) is 11.9 Å². The standard InChI is InChI=1S/C26H33N3O2/c1-16(2)23-14-24(17(3)12-25(23)31-7)20(6)27-26(30)22-10-8-21(9-11-22)15-29-19(5)13-18(4)28-29/h8-14,16,20H,15H2,1-7H3,(H,27,30)/t20-/m1/s1. The van der Waals surface area contributed by atoms with Crippen LogP contribution in [0.1, 0.15) is 76.7 Å². The first-order valence-corrected chi connectivity index (χ1v) is 10.8. The van der Waals surface area contributed by atoms with Crippen molar-refractivity contribution < 1.29 is 9.53 Å². The van der Waals surface area contributed by atoms with Gasteiger partial charge in [-0.15, -0.1) is 0 Å². The van der Waals surface area contributed by atoms with Gasteiger partial charge in [-0.1, -0.05) is 26.0 Å². The molecule has 5 heteroatoms. The summed E-state index contributed by atoms with van der Waals surface area (Å²) >= 11 is 0. The molecule has 1 aromatic heterocycles. The van der Waals surface area contributed by atoms with E-state index in [1.54, 1.807) is 7.11 Å². The van der Waals surface area contributed by atoms with Crippen LogP contribution < -0.4 is 10.1 Å². The van der Waals surface area contributed by atoms with Crippen molar-refractivity contribution in [2.24, 2.45) is 0 Å². The van der Waals surface area contributed by atoms with Gasteiger partial charge in [0, 0.05) is 11.3 Å². The van der Waals surface area contributed by atoms with Crippen molar-refractivity contribution in [3.63, 3.8) is 0 Å². The van der Waals surface area contributed by atoms with E-state index in [1.807, 2.05) is 42.8 Å². The number of hydrogen-bond donors (Lipinski definition) is 1. The average Bonchev–Trinajstić information content (AvgIpc) is 3.04. The maximum atomic E-state index is 12.9. The second kappa shape index (κ2) is 9.38. The summed E-state index contributed by atoms with van der Waals surface area (Å²) in [6, 6.07) is 13.9. The molecule has 3 rings (SSSR count). The number of methoxy groups -OCH3 is 1. The molecule has 0 aliphatic carbocycles. The number of carbonyl (C=O) groups excluding carboxylic acids is 1. The molecule has 0 bridgehead atoms. The smallest absolute Gasteiger partial charge is 0.251 e. The summed E-state index contributed by atoms with van der Waals surface area (Å²) in [4.78, 5) is 12.9. The van der Waals surface area contributed by atoms with Gasteiger partial charge in [-0.2, -0.15) is 5.10 Å². The molecule has 1 heterocycles. The summed E-state index contributed by atoms with van der Waals surface area (Å²) in [7, 11) is 1.70. The van der Waals surface area contributed by atoms with Gasteiger partial charge in [-0.05, 0) is 86.2 Å². The molecule has 0 spiro atoms. The largest absolute Gasteiger partial charge is 0.496 e. The number of aryl methyl sites for hydroxylation is 3. The molecular formula is C26H33N3O2. The van der Waals surface area contributed by atoms with Crippen LogP contribution in [-0.2, 0) is 6.54 Å². The Hall–Kier alpha value is -3.08. The highest BCUT2D eigenvalue weighted by atomic mass is 16.5. The van der Waals surface area contributed by atoms with E-state index in [1.165, 1.54) is 0 Å². The van der Waals surface area contributed by atoms with Crippen LogP contribution in [0.2, 0.25) is 0 Å². The van der Waals surface area contributed by atoms with Crippen LogP contribution >= 0.6 is 0 Å². The van der Waals surface area contributed by atoms with Crippen molar-refractivity contribution in [2.45, 2.75) is 60.0 Å². The Kier molecular flexibility index (Phi) is 6.84. The van der Waals surface area contributed by atoms with E-state index >= 15 is 0 Å². The maximum Gasteiger partial charge on any atom is 0.251 e. The molecule has 0 radical (unpaired) electrons. The molecule has 0 saturated carbocycles. The van der Waals surface area contributed by atoms with Crippen molar-refractivity contribution in [3.05, 3.63) is 81.7 Å². The molecule has 0 fully saturated rings. The molecule has 1 atom stereocenters. The lowest BCUT2D eigenvalue weighted by Crippen LogP contribution is -2.27. The molecule has 31 heavy (non-hydrogen) atoms. The van der Waals surface area contributed by atoms with E-state index < -0.39 is 0 Å². The number of ether oxygens (including phenoxy) is 1. The number of amides is 1. The van der Waals surface area contributed by atoms with Crippen LogP contribution in [-0.4, -0.2) is 22.8 Å². The van der Waals surface area contributed by atoms with Gasteiger partial charge in [0.2, 0.25) is 0 Å². The van der Waals surface area contributed by atoms with Gasteiger partial charge in [0.25, 0.3) is 5.91 Å². The highest BCUT2D eigenvalue weighted by molar-refractivity contribution is 5.94. The third kappa shape index (κ3) is 5.16. The number of hydrogen-bond acceptors (Lipinski definition) is 3. The van der Waals surface area contributed by atoms with Crippen molar-refractivity contribution in [2.75, 3.05) is 7.11 Å². The van der Waals surface area contributed by atoms with Crippen LogP contribution in [0.25, 0.3) is 0 Å². The molecule has 0 aliphatic rings. The minimum absolute atomic E-state index is 0.0773. The van der Waals surface area contributed by atoms with Crippen molar-refractivity contribution in [1.29, 1.82) is 0 Å². The molecular weight excluding hydrogens is 386 g/mol. The maximum absolute atomic E-state index is 12.9. The molecule has 0 saturated heterocycles. The SMILES string of the molecule is COc1cc(C)c([C@@H](C)NC(=O)c2ccc(Cn3nc(C)cc3C)cc2)cc1C(C)C. The Balaban J connectivity index is 1.72. The number of rotatable bonds is 7. The van der Waals surface area contributed by atoms with Crippen LogP contribution in [0.4, 0.5) is 0 Å². The molecule has 1 N–H and O–H groups in total. The molecule has 1 amide bonds. The first-order valence-electron chi connectivity index (χ1n) is 10.8. The molecule has 3 aromatic rings. The Morgan fingerprint density at radius 2 is 1.71 bits per heavy atom. The summed E-state index contributed by atoms with van der Waals surface area (Å²) in [5.41, 5.74) is 7.27. The molecule has 5 nitrogen and oxygen atoms in total. The van der Waals surface area contributed by atoms with Crippen molar-refractivity contribution in [3.8, 4) is 5.75 Å². The van der Waals surface area contributed by atoms with Gasteiger partial charge in [-0.3, -0.25) is 9.48 Å². The Labute approximate surface area is 185 Å². The molecule has 0 unspecified atom stereocenters. The van der Waals surface area contributed by atoms with Gasteiger partial charge in [0.05, 0.1) is 25.4 Å². The summed E-state index contributed by atoms with van der Waals surface area (Å²) in [6.07, 6.45) is 0. The van der Waals surface area contributed by atoms with Gasteiger partial charge in [-0.25, -0.2) is 0 Å². The topological polar surface area (TPSA) is 56.1 Å². The molecule has 164 valence electrons. The average molecular weight is 420 g/mol. The predicted octanol–water partition coefficient (Wildman–Crippen LogP) is 5.48. The van der Waals surface area contributed by atoms with E-state index in [4.69, 9.17) is 4.74 Å². The van der Waals surface area contributed by atoms with Gasteiger partial charge in [0.1, 0.15) is 5.75 Å². The summed E-state index contributed by atoms with van der Waals surface area (Å²) in [5.74, 6) is 1.16. The third-order valence-corrected chi connectivity index (χ3v) is 5.71. The quantitative estimate of drug-likeness (QED) is 0.552. The zero-order valence-corrected chi connectivity index (χ0v) is 19.6. The number of benzene rings is 2. The lowest BCUT2D eigenvalue weighted by Gasteiger charge is -2.21. The number of aromatic nitrogens is 2. The first-order chi connectivity index (χ1) is 14.7. The van der Waals surface area contributed by atoms with E-state index in [0.717, 1.165) is 39.4 Å². The minimum Gasteiger partial charge on any atom is -0.496 e. The monoisotopic (exact) mass is 419 g/mol. The van der Waals surface area contributed by atoms with Gasteiger partial charge >= 0.3 is 0 Å². The fraction of sp³-hybridized carbons (Fsp3) is 0.385. The summed E-state index contributed by atoms with van der Waals surface area (Å²) < 4.78 is 7.52. The third-order valence-electron chi connectivity index (χ3n) is 5.71. The lowest BCUT2D eigenvalue weighted by molar-refractivity contribution is 0.0940. The first kappa shape index (κ1) is 22.6. The fourth-order valence-electron chi connectivity index (χ4n) is 3.94. The molecule has 2 aromatic carbocycles. The Morgan fingerprint density at radius 3 is 2.26 bits per heavy atom. The van der Waals surface area contributed by atoms with Crippen LogP contribution in [0, 0.1) is 20.8 Å². The van der Waals surface area contributed by atoms with Crippen LogP contribution in [0.15, 0.2) is 42.5 Å². The van der Waals surface area contributed by atoms with Crippen LogP contribution in [0.5, 0.6) is 5.75 Å². The molecule has 0 aliphatic heterocycles. The zero-order chi connectivity index (χ0) is 22.7. The van der Waals surface area contributed by atoms with E-state index in [0.29, 0.717) is 18.0 Å². The van der Waals surface area contributed by atoms with E-state index in [2.05, 4.69) is 56.3 Å². The lowest BCUT2D eigenvalue weighted by atomic mass is 9.93. The summed E-state index contributed by atoms with van der Waals surface area (Å²) in [6.45, 7) is 13.1. The normalized spacial score (nSPS) is 12.1. The zero-order valence-electron chi connectivity index (χ0n) is 19.6. The Bertz CT molecular complexity index is 1070. The van der Waals surface area contributed by atoms with E-state index in [9.17, 15) is 4.79 Å². The van der Waals surface area contributed by atoms with Crippen molar-refractivity contribution in [1.82, 2.24) is 15.1 Å². The minimum atomic E-state index is -0.106. The number of nitrogens with one attached hydrogen (secondary N) is 1. The number of nitrogens with zero attached hydrogens (tertiary/aromatic N) is 2. The fourth-order valence-corrected chi connectivity index (χ4v) is 3.94. The van der Waals surface area contributed by atoms with Crippen LogP contribution in [0.3, 0.4) is 0 Å². The number of carbonyl (C=O) groups is 1. The Morgan fingerprint density at radius 1 is 1.03 bits per heavy atom. The highest BCUT2D eigenvalue weighted by Crippen LogP contribution is 2.32. The summed E-state index contributed by atoms with van der Waals surface area (Å²) in [5, 5.41) is 7.65. The van der Waals surface area contributed by atoms with Gasteiger partial charge < -0.3 is 10.1 Å². The second-order valence-corrected chi connectivity index (χ2v) is 8.58. The van der Waals surface area contributed by atoms with Gasteiger partial charge in [0.15, 0.2) is 0 Å².